The van der Waals surface area contributed by atoms with Crippen molar-refractivity contribution >= 4 is 30.0 Å². The van der Waals surface area contributed by atoms with Gasteiger partial charge in [-0.3, -0.25) is 18.9 Å². The van der Waals surface area contributed by atoms with Crippen LogP contribution in [0.15, 0.2) is 0 Å². The minimum atomic E-state index is -5.14. The molecule has 0 aliphatic rings. The highest BCUT2D eigenvalue weighted by Gasteiger charge is 2.45. The minimum absolute atomic E-state index is 0.375. The zero-order valence-electron chi connectivity index (χ0n) is 17.2. The summed E-state index contributed by atoms with van der Waals surface area (Å²) in [4.78, 5) is 23.5. The van der Waals surface area contributed by atoms with E-state index in [0.29, 0.717) is 31.1 Å². The lowest BCUT2D eigenvalue weighted by molar-refractivity contribution is -0.185. The van der Waals surface area contributed by atoms with Gasteiger partial charge in [0.25, 0.3) is 0 Å². The van der Waals surface area contributed by atoms with Crippen LogP contribution in [0.3, 0.4) is 0 Å². The van der Waals surface area contributed by atoms with Crippen molar-refractivity contribution in [3.63, 3.8) is 0 Å². The standard InChI is InChI=1S/C17H33F3N3O3PS/c1-5-9-22(10-6-2)27(28,23(11-7-3)12-8-4)14-21(13-15(24)25)16(26)17(18,19)20/h5-14H2,1-4H3,(H,24,25). The number of carbonyl (C=O) groups is 2. The molecular weight excluding hydrogens is 414 g/mol. The van der Waals surface area contributed by atoms with Crippen LogP contribution < -0.4 is 0 Å². The van der Waals surface area contributed by atoms with Gasteiger partial charge in [0, 0.05) is 26.2 Å². The molecule has 0 aromatic carbocycles. The Balaban J connectivity index is 6.18. The number of carboxylic acids is 1. The van der Waals surface area contributed by atoms with E-state index in [1.165, 1.54) is 0 Å². The van der Waals surface area contributed by atoms with E-state index in [1.807, 2.05) is 37.0 Å². The van der Waals surface area contributed by atoms with E-state index >= 15 is 0 Å². The van der Waals surface area contributed by atoms with E-state index in [2.05, 4.69) is 0 Å². The number of aliphatic carboxylic acids is 1. The predicted molar refractivity (Wildman–Crippen MR) is 109 cm³/mol. The quantitative estimate of drug-likeness (QED) is 0.407. The Kier molecular flexibility index (Phi) is 12.5. The number of alkyl halides is 3. The molecule has 28 heavy (non-hydrogen) atoms. The van der Waals surface area contributed by atoms with E-state index in [-0.39, 0.29) is 0 Å². The lowest BCUT2D eigenvalue weighted by Crippen LogP contribution is -2.47. The second-order valence-corrected chi connectivity index (χ2v) is 11.1. The van der Waals surface area contributed by atoms with Crippen LogP contribution in [0.1, 0.15) is 53.4 Å². The molecule has 0 unspecified atom stereocenters. The van der Waals surface area contributed by atoms with Crippen LogP contribution >= 0.6 is 6.34 Å². The number of halogens is 3. The van der Waals surface area contributed by atoms with Crippen molar-refractivity contribution in [1.29, 1.82) is 0 Å². The Morgan fingerprint density at radius 1 is 0.893 bits per heavy atom. The molecule has 166 valence electrons. The van der Waals surface area contributed by atoms with Crippen LogP contribution in [0.25, 0.3) is 0 Å². The van der Waals surface area contributed by atoms with Crippen LogP contribution in [0.2, 0.25) is 0 Å². The molecule has 1 N–H and O–H groups in total. The molecule has 0 aliphatic heterocycles. The first-order chi connectivity index (χ1) is 13.0. The van der Waals surface area contributed by atoms with Crippen molar-refractivity contribution in [1.82, 2.24) is 14.2 Å². The first kappa shape index (κ1) is 27.3. The summed E-state index contributed by atoms with van der Waals surface area (Å²) in [5.41, 5.74) is 0. The van der Waals surface area contributed by atoms with Gasteiger partial charge in [-0.25, -0.2) is 0 Å². The van der Waals surface area contributed by atoms with Gasteiger partial charge in [0.05, 0.1) is 12.6 Å². The van der Waals surface area contributed by atoms with Crippen LogP contribution in [-0.4, -0.2) is 76.4 Å². The van der Waals surface area contributed by atoms with Crippen molar-refractivity contribution < 1.29 is 27.9 Å². The summed E-state index contributed by atoms with van der Waals surface area (Å²) >= 11 is 5.99. The molecule has 0 spiro atoms. The number of nitrogens with zero attached hydrogens (tertiary/aromatic N) is 3. The zero-order chi connectivity index (χ0) is 22.0. The van der Waals surface area contributed by atoms with E-state index < -0.39 is 37.2 Å². The molecule has 0 saturated carbocycles. The summed E-state index contributed by atoms with van der Waals surface area (Å²) in [6.07, 6.45) is -5.30. The fourth-order valence-electron chi connectivity index (χ4n) is 2.99. The van der Waals surface area contributed by atoms with Crippen molar-refractivity contribution in [2.24, 2.45) is 0 Å². The monoisotopic (exact) mass is 447 g/mol. The van der Waals surface area contributed by atoms with Gasteiger partial charge in [-0.15, -0.1) is 0 Å². The van der Waals surface area contributed by atoms with E-state index in [9.17, 15) is 22.8 Å². The van der Waals surface area contributed by atoms with Crippen LogP contribution in [0, 0.1) is 0 Å². The molecule has 0 rings (SSSR count). The fourth-order valence-corrected chi connectivity index (χ4v) is 7.83. The Labute approximate surface area is 171 Å². The van der Waals surface area contributed by atoms with E-state index in [1.54, 1.807) is 0 Å². The molecule has 0 aliphatic carbocycles. The molecule has 0 aromatic rings. The number of carbonyl (C=O) groups excluding carboxylic acids is 1. The molecule has 6 nitrogen and oxygen atoms in total. The maximum Gasteiger partial charge on any atom is 0.471 e. The summed E-state index contributed by atoms with van der Waals surface area (Å²) in [6.45, 7) is 9.20. The van der Waals surface area contributed by atoms with Crippen molar-refractivity contribution in [3.05, 3.63) is 0 Å². The summed E-state index contributed by atoms with van der Waals surface area (Å²) in [5.74, 6) is -3.64. The molecule has 0 fully saturated rings. The minimum Gasteiger partial charge on any atom is -0.480 e. The Bertz CT molecular complexity index is 517. The lowest BCUT2D eigenvalue weighted by Gasteiger charge is -2.45. The van der Waals surface area contributed by atoms with Crippen LogP contribution in [0.4, 0.5) is 13.2 Å². The fraction of sp³-hybridized carbons (Fsp3) is 0.882. The third-order valence-corrected chi connectivity index (χ3v) is 9.03. The summed E-state index contributed by atoms with van der Waals surface area (Å²) in [5, 5.41) is 9.08. The van der Waals surface area contributed by atoms with Crippen LogP contribution in [-0.2, 0) is 21.4 Å². The maximum atomic E-state index is 13.1. The highest BCUT2D eigenvalue weighted by Crippen LogP contribution is 2.54. The Morgan fingerprint density at radius 3 is 1.50 bits per heavy atom. The number of hydrogen-bond donors (Lipinski definition) is 1. The van der Waals surface area contributed by atoms with Gasteiger partial charge in [-0.2, -0.15) is 13.2 Å². The average molecular weight is 448 g/mol. The summed E-state index contributed by atoms with van der Waals surface area (Å²) in [7, 11) is 0. The van der Waals surface area contributed by atoms with Gasteiger partial charge in [0.2, 0.25) is 0 Å². The smallest absolute Gasteiger partial charge is 0.471 e. The van der Waals surface area contributed by atoms with Gasteiger partial charge in [0.15, 0.2) is 0 Å². The molecular formula is C17H33F3N3O3PS. The van der Waals surface area contributed by atoms with Gasteiger partial charge in [-0.05, 0) is 25.7 Å². The van der Waals surface area contributed by atoms with Gasteiger partial charge in [0.1, 0.15) is 6.54 Å². The number of amides is 1. The SMILES string of the molecule is CCCN(CCC)P(=S)(CN(CC(=O)O)C(=O)C(F)(F)F)N(CCC)CCC. The average Bonchev–Trinajstić information content (AvgIpc) is 2.58. The van der Waals surface area contributed by atoms with Crippen molar-refractivity contribution in [2.45, 2.75) is 59.6 Å². The number of rotatable bonds is 14. The number of carboxylic acid groups (broad SMARTS) is 1. The second kappa shape index (κ2) is 12.8. The van der Waals surface area contributed by atoms with Gasteiger partial charge in [-0.1, -0.05) is 39.5 Å². The maximum absolute atomic E-state index is 13.1. The van der Waals surface area contributed by atoms with Gasteiger partial charge >= 0.3 is 18.1 Å². The highest BCUT2D eigenvalue weighted by molar-refractivity contribution is 8.12. The lowest BCUT2D eigenvalue weighted by atomic mass is 10.4. The molecule has 1 amide bonds. The van der Waals surface area contributed by atoms with E-state index in [0.717, 1.165) is 25.7 Å². The summed E-state index contributed by atoms with van der Waals surface area (Å²) < 4.78 is 43.3. The summed E-state index contributed by atoms with van der Waals surface area (Å²) in [6, 6.07) is 0. The molecule has 11 heteroatoms. The zero-order valence-corrected chi connectivity index (χ0v) is 18.9. The molecule has 0 radical (unpaired) electrons. The number of hydrogen-bond acceptors (Lipinski definition) is 3. The molecule has 0 heterocycles. The second-order valence-electron chi connectivity index (χ2n) is 6.61. The topological polar surface area (TPSA) is 64.1 Å². The first-order valence-electron chi connectivity index (χ1n) is 9.65. The predicted octanol–water partition coefficient (Wildman–Crippen LogP) is 3.97. The molecule has 0 aromatic heterocycles. The molecule has 0 atom stereocenters. The van der Waals surface area contributed by atoms with Crippen molar-refractivity contribution in [2.75, 3.05) is 39.0 Å². The van der Waals surface area contributed by atoms with Crippen LogP contribution in [0.5, 0.6) is 0 Å². The Morgan fingerprint density at radius 2 is 1.25 bits per heavy atom. The first-order valence-corrected chi connectivity index (χ1v) is 12.5. The third kappa shape index (κ3) is 8.35. The highest BCUT2D eigenvalue weighted by atomic mass is 32.4. The van der Waals surface area contributed by atoms with E-state index in [4.69, 9.17) is 16.9 Å². The largest absolute Gasteiger partial charge is 0.480 e. The molecule has 0 bridgehead atoms. The van der Waals surface area contributed by atoms with Gasteiger partial charge < -0.3 is 10.0 Å². The molecule has 0 saturated heterocycles. The third-order valence-electron chi connectivity index (χ3n) is 4.02. The normalized spacial score (nSPS) is 12.6. The van der Waals surface area contributed by atoms with Crippen molar-refractivity contribution in [3.8, 4) is 0 Å². The Hall–Kier alpha value is -0.700.